The molecule has 8 nitrogen and oxygen atoms in total. The highest BCUT2D eigenvalue weighted by Gasteiger charge is 2.47. The first-order valence-corrected chi connectivity index (χ1v) is 10.9. The van der Waals surface area contributed by atoms with Crippen molar-refractivity contribution >= 4 is 49.5 Å². The second-order valence-electron chi connectivity index (χ2n) is 5.93. The summed E-state index contributed by atoms with van der Waals surface area (Å²) < 4.78 is 124. The highest BCUT2D eigenvalue weighted by molar-refractivity contribution is 7.93. The van der Waals surface area contributed by atoms with Crippen LogP contribution in [0.15, 0.2) is 64.3 Å². The van der Waals surface area contributed by atoms with Crippen molar-refractivity contribution in [2.45, 2.75) is 11.0 Å². The van der Waals surface area contributed by atoms with E-state index in [9.17, 15) is 43.2 Å². The van der Waals surface area contributed by atoms with Crippen molar-refractivity contribution in [2.75, 3.05) is 4.72 Å². The van der Waals surface area contributed by atoms with Crippen molar-refractivity contribution in [3.8, 4) is 0 Å². The van der Waals surface area contributed by atoms with Gasteiger partial charge < -0.3 is 0 Å². The standard InChI is InChI=1S/C16H12F6N4O4S2/c1-9-3-5-12(13(7-9)25-31(27,28)15(17,18)19)24-10-4-6-11(23-2)14(8-10)26-32(29,30)16(20,21)22/h3-8,25-26H,1-2H2. The Labute approximate surface area is 177 Å². The molecule has 0 saturated heterocycles. The molecule has 0 aromatic heterocycles. The molecule has 0 heterocycles. The Morgan fingerprint density at radius 1 is 0.875 bits per heavy atom. The summed E-state index contributed by atoms with van der Waals surface area (Å²) >= 11 is 0. The van der Waals surface area contributed by atoms with Gasteiger partial charge in [0.25, 0.3) is 0 Å². The van der Waals surface area contributed by atoms with Gasteiger partial charge in [-0.2, -0.15) is 43.2 Å². The van der Waals surface area contributed by atoms with E-state index in [2.05, 4.69) is 23.3 Å². The zero-order valence-corrected chi connectivity index (χ0v) is 17.1. The minimum Gasteiger partial charge on any atom is -0.274 e. The summed E-state index contributed by atoms with van der Waals surface area (Å²) in [6, 6.07) is 2.97. The first kappa shape index (κ1) is 25.1. The van der Waals surface area contributed by atoms with Crippen LogP contribution in [0.1, 0.15) is 0 Å². The van der Waals surface area contributed by atoms with E-state index < -0.39 is 42.4 Å². The van der Waals surface area contributed by atoms with Gasteiger partial charge in [0.1, 0.15) is 0 Å². The van der Waals surface area contributed by atoms with Gasteiger partial charge in [-0.3, -0.25) is 14.4 Å². The number of nitrogens with zero attached hydrogens (tertiary/aromatic N) is 2. The number of anilines is 1. The Kier molecular flexibility index (Phi) is 6.61. The molecule has 2 N–H and O–H groups in total. The van der Waals surface area contributed by atoms with Gasteiger partial charge in [0.15, 0.2) is 0 Å². The van der Waals surface area contributed by atoms with Crippen molar-refractivity contribution in [2.24, 2.45) is 9.98 Å². The first-order valence-electron chi connectivity index (χ1n) is 7.93. The van der Waals surface area contributed by atoms with Crippen molar-refractivity contribution in [3.63, 3.8) is 0 Å². The molecule has 1 aliphatic carbocycles. The number of benzene rings is 1. The largest absolute Gasteiger partial charge is 0.516 e. The highest BCUT2D eigenvalue weighted by Crippen LogP contribution is 2.34. The number of nitrogens with one attached hydrogen (secondary N) is 2. The average molecular weight is 502 g/mol. The van der Waals surface area contributed by atoms with Gasteiger partial charge in [-0.15, -0.1) is 0 Å². The van der Waals surface area contributed by atoms with E-state index in [1.54, 1.807) is 0 Å². The van der Waals surface area contributed by atoms with Crippen molar-refractivity contribution in [1.82, 2.24) is 4.72 Å². The third kappa shape index (κ3) is 5.56. The molecule has 0 aliphatic heterocycles. The Balaban J connectivity index is 2.52. The van der Waals surface area contributed by atoms with Crippen LogP contribution in [0.25, 0.3) is 0 Å². The predicted molar refractivity (Wildman–Crippen MR) is 106 cm³/mol. The average Bonchev–Trinajstić information content (AvgIpc) is 2.62. The number of aliphatic imine (C=N–C) groups is 2. The van der Waals surface area contributed by atoms with Crippen LogP contribution in [0.5, 0.6) is 0 Å². The van der Waals surface area contributed by atoms with Crippen molar-refractivity contribution in [1.29, 1.82) is 0 Å². The monoisotopic (exact) mass is 502 g/mol. The van der Waals surface area contributed by atoms with E-state index in [1.807, 2.05) is 0 Å². The van der Waals surface area contributed by atoms with E-state index in [1.165, 1.54) is 15.5 Å². The van der Waals surface area contributed by atoms with Crippen LogP contribution >= 0.6 is 0 Å². The number of sulfonamides is 2. The van der Waals surface area contributed by atoms with E-state index in [0.717, 1.165) is 30.4 Å². The Morgan fingerprint density at radius 3 is 1.97 bits per heavy atom. The molecule has 1 aliphatic rings. The van der Waals surface area contributed by atoms with Crippen molar-refractivity contribution in [3.05, 3.63) is 54.3 Å². The fourth-order valence-electron chi connectivity index (χ4n) is 2.12. The summed E-state index contributed by atoms with van der Waals surface area (Å²) in [4.78, 5) is 7.26. The minimum absolute atomic E-state index is 0.119. The Bertz CT molecular complexity index is 1260. The van der Waals surface area contributed by atoms with Crippen LogP contribution in [0, 0.1) is 0 Å². The summed E-state index contributed by atoms with van der Waals surface area (Å²) in [6.07, 6.45) is 3.31. The van der Waals surface area contributed by atoms with Crippen LogP contribution in [-0.2, 0) is 20.0 Å². The number of halogens is 6. The van der Waals surface area contributed by atoms with Gasteiger partial charge in [-0.1, -0.05) is 12.7 Å². The lowest BCUT2D eigenvalue weighted by molar-refractivity contribution is -0.0446. The van der Waals surface area contributed by atoms with Gasteiger partial charge in [0.2, 0.25) is 0 Å². The van der Waals surface area contributed by atoms with Crippen molar-refractivity contribution < 1.29 is 43.2 Å². The SMILES string of the molecule is C=Nc1ccc(N=C2C=CC(=C)C=C2NS(=O)(=O)C(F)(F)F)cc1NS(=O)(=O)C(F)(F)F. The molecule has 0 radical (unpaired) electrons. The maximum absolute atomic E-state index is 12.7. The topological polar surface area (TPSA) is 117 Å². The molecule has 0 fully saturated rings. The summed E-state index contributed by atoms with van der Waals surface area (Å²) in [5.41, 5.74) is -13.4. The molecule has 2 rings (SSSR count). The molecular formula is C16H12F6N4O4S2. The van der Waals surface area contributed by atoms with Gasteiger partial charge in [-0.05, 0) is 42.6 Å². The number of hydrogen-bond donors (Lipinski definition) is 2. The minimum atomic E-state index is -5.83. The molecule has 32 heavy (non-hydrogen) atoms. The molecule has 0 atom stereocenters. The van der Waals surface area contributed by atoms with Gasteiger partial charge >= 0.3 is 31.1 Å². The predicted octanol–water partition coefficient (Wildman–Crippen LogP) is 3.80. The second kappa shape index (κ2) is 8.42. The van der Waals surface area contributed by atoms with Gasteiger partial charge in [0, 0.05) is 0 Å². The number of rotatable bonds is 6. The highest BCUT2D eigenvalue weighted by atomic mass is 32.2. The van der Waals surface area contributed by atoms with Crippen LogP contribution < -0.4 is 9.44 Å². The lowest BCUT2D eigenvalue weighted by Crippen LogP contribution is -2.38. The number of alkyl halides is 6. The summed E-state index contributed by atoms with van der Waals surface area (Å²) in [5, 5.41) is 0. The molecule has 174 valence electrons. The molecule has 0 spiro atoms. The number of allylic oxidation sites excluding steroid dienone is 4. The molecule has 1 aromatic rings. The lowest BCUT2D eigenvalue weighted by Gasteiger charge is -2.17. The zero-order valence-electron chi connectivity index (χ0n) is 15.5. The van der Waals surface area contributed by atoms with E-state index in [-0.39, 0.29) is 22.7 Å². The van der Waals surface area contributed by atoms with E-state index in [4.69, 9.17) is 0 Å². The summed E-state index contributed by atoms with van der Waals surface area (Å²) in [7, 11) is -11.7. The summed E-state index contributed by atoms with van der Waals surface area (Å²) in [5.74, 6) is 0. The van der Waals surface area contributed by atoms with Crippen LogP contribution in [0.3, 0.4) is 0 Å². The molecule has 16 heteroatoms. The quantitative estimate of drug-likeness (QED) is 0.455. The molecular weight excluding hydrogens is 490 g/mol. The Hall–Kier alpha value is -3.14. The fraction of sp³-hybridized carbons (Fsp3) is 0.125. The second-order valence-corrected chi connectivity index (χ2v) is 9.27. The summed E-state index contributed by atoms with van der Waals surface area (Å²) in [6.45, 7) is 6.56. The van der Waals surface area contributed by atoms with E-state index >= 15 is 0 Å². The third-order valence-corrected chi connectivity index (χ3v) is 5.76. The van der Waals surface area contributed by atoms with Crippen LogP contribution in [0.2, 0.25) is 0 Å². The van der Waals surface area contributed by atoms with E-state index in [0.29, 0.717) is 0 Å². The molecule has 0 saturated carbocycles. The maximum Gasteiger partial charge on any atom is 0.516 e. The van der Waals surface area contributed by atoms with Gasteiger partial charge in [-0.25, -0.2) is 4.99 Å². The lowest BCUT2D eigenvalue weighted by atomic mass is 10.1. The molecule has 0 amide bonds. The maximum atomic E-state index is 12.7. The molecule has 1 aromatic carbocycles. The fourth-order valence-corrected chi connectivity index (χ4v) is 3.26. The smallest absolute Gasteiger partial charge is 0.274 e. The molecule has 0 unspecified atom stereocenters. The normalized spacial score (nSPS) is 16.6. The Morgan fingerprint density at radius 2 is 1.44 bits per heavy atom. The third-order valence-electron chi connectivity index (χ3n) is 3.56. The zero-order chi connectivity index (χ0) is 24.5. The van der Waals surface area contributed by atoms with Gasteiger partial charge in [0.05, 0.1) is 28.5 Å². The first-order chi connectivity index (χ1) is 14.5. The number of hydrogen-bond acceptors (Lipinski definition) is 6. The van der Waals surface area contributed by atoms with Crippen LogP contribution in [-0.4, -0.2) is 40.3 Å². The van der Waals surface area contributed by atoms with Crippen LogP contribution in [0.4, 0.5) is 43.4 Å². The molecule has 0 bridgehead atoms.